The Hall–Kier alpha value is -1.62. The van der Waals surface area contributed by atoms with E-state index < -0.39 is 0 Å². The van der Waals surface area contributed by atoms with Crippen LogP contribution in [0, 0.1) is 5.92 Å². The average Bonchev–Trinajstić information content (AvgIpc) is 3.20. The Balaban J connectivity index is 1.88. The predicted molar refractivity (Wildman–Crippen MR) is 71.4 cm³/mol. The van der Waals surface area contributed by atoms with Crippen LogP contribution in [0.15, 0.2) is 18.3 Å². The zero-order chi connectivity index (χ0) is 13.1. The zero-order valence-corrected chi connectivity index (χ0v) is 10.9. The molecule has 1 fully saturated rings. The Bertz CT molecular complexity index is 412. The third kappa shape index (κ3) is 3.20. The standard InChI is InChI=1S/C13H20N4O/c1-17(2)13(18)10-5-6-12(15-7-10)16-8-11(14)9-3-4-9/h5-7,9,11H,3-4,8,14H2,1-2H3,(H,15,16). The van der Waals surface area contributed by atoms with Crippen molar-refractivity contribution in [2.45, 2.75) is 18.9 Å². The lowest BCUT2D eigenvalue weighted by molar-refractivity contribution is 0.0827. The highest BCUT2D eigenvalue weighted by Crippen LogP contribution is 2.31. The van der Waals surface area contributed by atoms with Crippen molar-refractivity contribution in [3.63, 3.8) is 0 Å². The van der Waals surface area contributed by atoms with Crippen molar-refractivity contribution in [2.75, 3.05) is 26.0 Å². The molecule has 1 heterocycles. The Morgan fingerprint density at radius 3 is 2.78 bits per heavy atom. The van der Waals surface area contributed by atoms with Crippen molar-refractivity contribution < 1.29 is 4.79 Å². The minimum Gasteiger partial charge on any atom is -0.369 e. The van der Waals surface area contributed by atoms with E-state index in [1.54, 1.807) is 26.4 Å². The van der Waals surface area contributed by atoms with E-state index in [1.807, 2.05) is 6.07 Å². The monoisotopic (exact) mass is 248 g/mol. The van der Waals surface area contributed by atoms with E-state index >= 15 is 0 Å². The lowest BCUT2D eigenvalue weighted by atomic mass is 10.2. The second-order valence-corrected chi connectivity index (χ2v) is 5.01. The van der Waals surface area contributed by atoms with Gasteiger partial charge < -0.3 is 16.0 Å². The quantitative estimate of drug-likeness (QED) is 0.813. The number of aromatic nitrogens is 1. The first kappa shape index (κ1) is 12.8. The molecule has 0 spiro atoms. The Kier molecular flexibility index (Phi) is 3.81. The van der Waals surface area contributed by atoms with Crippen molar-refractivity contribution >= 4 is 11.7 Å². The number of anilines is 1. The number of nitrogens with zero attached hydrogens (tertiary/aromatic N) is 2. The summed E-state index contributed by atoms with van der Waals surface area (Å²) in [5, 5.41) is 3.20. The minimum atomic E-state index is -0.0382. The number of hydrogen-bond donors (Lipinski definition) is 2. The molecule has 1 amide bonds. The van der Waals surface area contributed by atoms with Crippen LogP contribution in [-0.4, -0.2) is 42.5 Å². The minimum absolute atomic E-state index is 0.0382. The molecule has 5 heteroatoms. The van der Waals surface area contributed by atoms with Gasteiger partial charge in [-0.15, -0.1) is 0 Å². The Labute approximate surface area is 107 Å². The molecule has 1 aliphatic rings. The van der Waals surface area contributed by atoms with Crippen molar-refractivity contribution in [3.05, 3.63) is 23.9 Å². The maximum absolute atomic E-state index is 11.7. The fourth-order valence-corrected chi connectivity index (χ4v) is 1.80. The molecule has 98 valence electrons. The van der Waals surface area contributed by atoms with Crippen LogP contribution in [0.2, 0.25) is 0 Å². The second-order valence-electron chi connectivity index (χ2n) is 5.01. The van der Waals surface area contributed by atoms with Gasteiger partial charge in [-0.1, -0.05) is 0 Å². The van der Waals surface area contributed by atoms with Crippen LogP contribution in [0.5, 0.6) is 0 Å². The van der Waals surface area contributed by atoms with Crippen LogP contribution in [0.4, 0.5) is 5.82 Å². The number of pyridine rings is 1. The molecule has 5 nitrogen and oxygen atoms in total. The lowest BCUT2D eigenvalue weighted by Gasteiger charge is -2.13. The van der Waals surface area contributed by atoms with Gasteiger partial charge in [0, 0.05) is 32.9 Å². The molecular weight excluding hydrogens is 228 g/mol. The molecule has 0 saturated heterocycles. The van der Waals surface area contributed by atoms with Gasteiger partial charge >= 0.3 is 0 Å². The molecule has 0 aromatic carbocycles. The molecule has 2 rings (SSSR count). The van der Waals surface area contributed by atoms with Crippen molar-refractivity contribution in [1.82, 2.24) is 9.88 Å². The van der Waals surface area contributed by atoms with Gasteiger partial charge in [0.05, 0.1) is 5.56 Å². The molecule has 0 bridgehead atoms. The van der Waals surface area contributed by atoms with Gasteiger partial charge in [0.1, 0.15) is 5.82 Å². The molecule has 1 aromatic rings. The number of amides is 1. The van der Waals surface area contributed by atoms with Crippen molar-refractivity contribution in [3.8, 4) is 0 Å². The molecule has 1 unspecified atom stereocenters. The van der Waals surface area contributed by atoms with Gasteiger partial charge in [0.25, 0.3) is 5.91 Å². The van der Waals surface area contributed by atoms with Crippen LogP contribution in [-0.2, 0) is 0 Å². The first-order valence-corrected chi connectivity index (χ1v) is 6.25. The SMILES string of the molecule is CN(C)C(=O)c1ccc(NCC(N)C2CC2)nc1. The second kappa shape index (κ2) is 5.35. The molecule has 1 saturated carbocycles. The molecular formula is C13H20N4O. The first-order chi connectivity index (χ1) is 8.58. The third-order valence-corrected chi connectivity index (χ3v) is 3.16. The smallest absolute Gasteiger partial charge is 0.254 e. The summed E-state index contributed by atoms with van der Waals surface area (Å²) in [5.74, 6) is 1.40. The Morgan fingerprint density at radius 1 is 1.56 bits per heavy atom. The third-order valence-electron chi connectivity index (χ3n) is 3.16. The van der Waals surface area contributed by atoms with E-state index in [0.717, 1.165) is 12.4 Å². The van der Waals surface area contributed by atoms with E-state index in [4.69, 9.17) is 5.73 Å². The maximum Gasteiger partial charge on any atom is 0.254 e. The van der Waals surface area contributed by atoms with E-state index in [-0.39, 0.29) is 11.9 Å². The molecule has 3 N–H and O–H groups in total. The van der Waals surface area contributed by atoms with E-state index in [9.17, 15) is 4.79 Å². The van der Waals surface area contributed by atoms with Gasteiger partial charge in [-0.2, -0.15) is 0 Å². The maximum atomic E-state index is 11.7. The van der Waals surface area contributed by atoms with Crippen molar-refractivity contribution in [2.24, 2.45) is 11.7 Å². The van der Waals surface area contributed by atoms with Crippen LogP contribution in [0.25, 0.3) is 0 Å². The van der Waals surface area contributed by atoms with Gasteiger partial charge in [0.2, 0.25) is 0 Å². The molecule has 1 aromatic heterocycles. The van der Waals surface area contributed by atoms with Gasteiger partial charge in [-0.25, -0.2) is 4.98 Å². The average molecular weight is 248 g/mol. The van der Waals surface area contributed by atoms with E-state index in [0.29, 0.717) is 11.5 Å². The molecule has 0 aliphatic heterocycles. The summed E-state index contributed by atoms with van der Waals surface area (Å²) < 4.78 is 0. The number of rotatable bonds is 5. The zero-order valence-electron chi connectivity index (χ0n) is 10.9. The van der Waals surface area contributed by atoms with Crippen LogP contribution in [0.3, 0.4) is 0 Å². The number of carbonyl (C=O) groups excluding carboxylic acids is 1. The van der Waals surface area contributed by atoms with Crippen LogP contribution < -0.4 is 11.1 Å². The van der Waals surface area contributed by atoms with Crippen molar-refractivity contribution in [1.29, 1.82) is 0 Å². The highest BCUT2D eigenvalue weighted by molar-refractivity contribution is 5.93. The fraction of sp³-hybridized carbons (Fsp3) is 0.538. The van der Waals surface area contributed by atoms with Crippen LogP contribution in [0.1, 0.15) is 23.2 Å². The topological polar surface area (TPSA) is 71.2 Å². The fourth-order valence-electron chi connectivity index (χ4n) is 1.80. The normalized spacial score (nSPS) is 16.2. The highest BCUT2D eigenvalue weighted by atomic mass is 16.2. The summed E-state index contributed by atoms with van der Waals surface area (Å²) in [5.41, 5.74) is 6.59. The van der Waals surface area contributed by atoms with Gasteiger partial charge in [-0.3, -0.25) is 4.79 Å². The largest absolute Gasteiger partial charge is 0.369 e. The summed E-state index contributed by atoms with van der Waals surface area (Å²) in [6.45, 7) is 0.735. The van der Waals surface area contributed by atoms with Crippen LogP contribution >= 0.6 is 0 Å². The molecule has 1 aliphatic carbocycles. The summed E-state index contributed by atoms with van der Waals surface area (Å²) in [6.07, 6.45) is 4.08. The van der Waals surface area contributed by atoms with E-state index in [2.05, 4.69) is 10.3 Å². The summed E-state index contributed by atoms with van der Waals surface area (Å²) in [7, 11) is 3.45. The summed E-state index contributed by atoms with van der Waals surface area (Å²) >= 11 is 0. The number of nitrogens with two attached hydrogens (primary N) is 1. The first-order valence-electron chi connectivity index (χ1n) is 6.25. The molecule has 18 heavy (non-hydrogen) atoms. The Morgan fingerprint density at radius 2 is 2.28 bits per heavy atom. The summed E-state index contributed by atoms with van der Waals surface area (Å²) in [4.78, 5) is 17.4. The summed E-state index contributed by atoms with van der Waals surface area (Å²) in [6, 6.07) is 3.80. The number of hydrogen-bond acceptors (Lipinski definition) is 4. The highest BCUT2D eigenvalue weighted by Gasteiger charge is 2.28. The van der Waals surface area contributed by atoms with Gasteiger partial charge in [0.15, 0.2) is 0 Å². The van der Waals surface area contributed by atoms with E-state index in [1.165, 1.54) is 17.7 Å². The number of nitrogens with one attached hydrogen (secondary N) is 1. The van der Waals surface area contributed by atoms with Gasteiger partial charge in [-0.05, 0) is 30.9 Å². The predicted octanol–water partition coefficient (Wildman–Crippen LogP) is 0.933. The lowest BCUT2D eigenvalue weighted by Crippen LogP contribution is -2.31. The molecule has 0 radical (unpaired) electrons. The molecule has 1 atom stereocenters. The number of carbonyl (C=O) groups is 1.